The van der Waals surface area contributed by atoms with Crippen LogP contribution in [0.25, 0.3) is 16.5 Å². The molecule has 0 saturated carbocycles. The molecule has 3 nitrogen and oxygen atoms in total. The van der Waals surface area contributed by atoms with Gasteiger partial charge < -0.3 is 4.57 Å². The number of aldehydes is 1. The van der Waals surface area contributed by atoms with E-state index in [1.165, 1.54) is 0 Å². The van der Waals surface area contributed by atoms with E-state index in [-0.39, 0.29) is 0 Å². The summed E-state index contributed by atoms with van der Waals surface area (Å²) in [6, 6.07) is 13.6. The molecule has 3 rings (SSSR count). The Morgan fingerprint density at radius 3 is 2.59 bits per heavy atom. The SMILES string of the molecule is CCc1cc(Br)c2ccccc2c1-n1cccc1C(=O)C=O. The molecular weight excluding hydrogens is 342 g/mol. The van der Waals surface area contributed by atoms with E-state index in [1.54, 1.807) is 12.1 Å². The number of nitrogens with zero attached hydrogens (tertiary/aromatic N) is 1. The van der Waals surface area contributed by atoms with Crippen LogP contribution in [0.3, 0.4) is 0 Å². The molecule has 1 aromatic heterocycles. The number of hydrogen-bond acceptors (Lipinski definition) is 2. The normalized spacial score (nSPS) is 10.8. The fourth-order valence-electron chi connectivity index (χ4n) is 2.76. The van der Waals surface area contributed by atoms with Gasteiger partial charge in [0.1, 0.15) is 0 Å². The van der Waals surface area contributed by atoms with Crippen LogP contribution in [-0.4, -0.2) is 16.6 Å². The molecule has 2 aromatic carbocycles. The van der Waals surface area contributed by atoms with E-state index < -0.39 is 5.78 Å². The molecular formula is C18H14BrNO2. The summed E-state index contributed by atoms with van der Waals surface area (Å²) in [5.74, 6) is -0.515. The van der Waals surface area contributed by atoms with Crippen LogP contribution in [0.1, 0.15) is 23.0 Å². The average molecular weight is 356 g/mol. The van der Waals surface area contributed by atoms with Gasteiger partial charge in [0.2, 0.25) is 5.78 Å². The first kappa shape index (κ1) is 14.7. The molecule has 3 aromatic rings. The fourth-order valence-corrected chi connectivity index (χ4v) is 3.38. The summed E-state index contributed by atoms with van der Waals surface area (Å²) in [7, 11) is 0. The smallest absolute Gasteiger partial charge is 0.242 e. The van der Waals surface area contributed by atoms with Gasteiger partial charge in [-0.3, -0.25) is 9.59 Å². The van der Waals surface area contributed by atoms with Gasteiger partial charge in [-0.1, -0.05) is 47.1 Å². The molecule has 0 bridgehead atoms. The van der Waals surface area contributed by atoms with E-state index in [0.29, 0.717) is 12.0 Å². The van der Waals surface area contributed by atoms with Crippen LogP contribution in [0.2, 0.25) is 0 Å². The molecule has 0 N–H and O–H groups in total. The van der Waals surface area contributed by atoms with Gasteiger partial charge in [-0.05, 0) is 35.6 Å². The van der Waals surface area contributed by atoms with E-state index in [9.17, 15) is 9.59 Å². The fraction of sp³-hybridized carbons (Fsp3) is 0.111. The summed E-state index contributed by atoms with van der Waals surface area (Å²) >= 11 is 3.61. The number of Topliss-reactive ketones (excluding diaryl/α,β-unsaturated/α-hetero) is 1. The summed E-state index contributed by atoms with van der Waals surface area (Å²) in [5.41, 5.74) is 2.45. The molecule has 4 heteroatoms. The van der Waals surface area contributed by atoms with Gasteiger partial charge in [-0.2, -0.15) is 0 Å². The molecule has 1 heterocycles. The average Bonchev–Trinajstić information content (AvgIpc) is 3.03. The van der Waals surface area contributed by atoms with E-state index in [0.717, 1.165) is 32.9 Å². The van der Waals surface area contributed by atoms with Crippen molar-refractivity contribution >= 4 is 38.8 Å². The molecule has 0 saturated heterocycles. The minimum Gasteiger partial charge on any atom is -0.313 e. The Bertz CT molecular complexity index is 880. The molecule has 0 aliphatic rings. The predicted octanol–water partition coefficient (Wildman–Crippen LogP) is 4.34. The Hall–Kier alpha value is -2.20. The van der Waals surface area contributed by atoms with Gasteiger partial charge in [0.15, 0.2) is 6.29 Å². The van der Waals surface area contributed by atoms with Crippen molar-refractivity contribution in [2.24, 2.45) is 0 Å². The van der Waals surface area contributed by atoms with Gasteiger partial charge in [0.25, 0.3) is 0 Å². The second-order valence-corrected chi connectivity index (χ2v) is 5.87. The maximum Gasteiger partial charge on any atom is 0.242 e. The van der Waals surface area contributed by atoms with Crippen LogP contribution in [0.4, 0.5) is 0 Å². The number of rotatable bonds is 4. The molecule has 0 atom stereocenters. The minimum absolute atomic E-state index is 0.360. The lowest BCUT2D eigenvalue weighted by atomic mass is 10.0. The summed E-state index contributed by atoms with van der Waals surface area (Å²) in [6.07, 6.45) is 3.01. The lowest BCUT2D eigenvalue weighted by Gasteiger charge is -2.16. The number of aromatic nitrogens is 1. The molecule has 0 amide bonds. The highest BCUT2D eigenvalue weighted by Gasteiger charge is 2.16. The van der Waals surface area contributed by atoms with Crippen molar-refractivity contribution in [1.82, 2.24) is 4.57 Å². The zero-order chi connectivity index (χ0) is 15.7. The summed E-state index contributed by atoms with van der Waals surface area (Å²) < 4.78 is 2.84. The highest BCUT2D eigenvalue weighted by molar-refractivity contribution is 9.10. The zero-order valence-electron chi connectivity index (χ0n) is 12.0. The Morgan fingerprint density at radius 2 is 1.91 bits per heavy atom. The van der Waals surface area contributed by atoms with Crippen LogP contribution < -0.4 is 0 Å². The number of aryl methyl sites for hydroxylation is 1. The Kier molecular flexibility index (Phi) is 3.94. The zero-order valence-corrected chi connectivity index (χ0v) is 13.6. The summed E-state index contributed by atoms with van der Waals surface area (Å²) in [6.45, 7) is 2.07. The Balaban J connectivity index is 2.40. The number of carbonyl (C=O) groups is 2. The number of carbonyl (C=O) groups excluding carboxylic acids is 2. The molecule has 110 valence electrons. The quantitative estimate of drug-likeness (QED) is 0.396. The molecule has 0 aliphatic heterocycles. The Labute approximate surface area is 136 Å². The third kappa shape index (κ3) is 2.29. The van der Waals surface area contributed by atoms with Crippen LogP contribution in [-0.2, 0) is 11.2 Å². The monoisotopic (exact) mass is 355 g/mol. The second-order valence-electron chi connectivity index (χ2n) is 5.01. The number of halogens is 1. The van der Waals surface area contributed by atoms with Crippen molar-refractivity contribution < 1.29 is 9.59 Å². The second kappa shape index (κ2) is 5.89. The van der Waals surface area contributed by atoms with E-state index in [2.05, 4.69) is 28.9 Å². The number of ketones is 1. The first-order valence-corrected chi connectivity index (χ1v) is 7.84. The first-order valence-electron chi connectivity index (χ1n) is 7.04. The first-order chi connectivity index (χ1) is 10.7. The molecule has 0 fully saturated rings. The summed E-state index contributed by atoms with van der Waals surface area (Å²) in [4.78, 5) is 22.8. The third-order valence-corrected chi connectivity index (χ3v) is 4.43. The Morgan fingerprint density at radius 1 is 1.18 bits per heavy atom. The van der Waals surface area contributed by atoms with Gasteiger partial charge in [0.05, 0.1) is 11.4 Å². The topological polar surface area (TPSA) is 39.1 Å². The van der Waals surface area contributed by atoms with Crippen molar-refractivity contribution in [3.63, 3.8) is 0 Å². The minimum atomic E-state index is -0.515. The molecule has 0 spiro atoms. The standard InChI is InChI=1S/C18H14BrNO2/c1-2-12-10-15(19)13-6-3-4-7-14(13)18(12)20-9-5-8-16(20)17(22)11-21/h3-11H,2H2,1H3. The van der Waals surface area contributed by atoms with Crippen molar-refractivity contribution in [2.75, 3.05) is 0 Å². The highest BCUT2D eigenvalue weighted by Crippen LogP contribution is 2.33. The third-order valence-electron chi connectivity index (χ3n) is 3.77. The lowest BCUT2D eigenvalue weighted by Crippen LogP contribution is -2.10. The molecule has 0 unspecified atom stereocenters. The van der Waals surface area contributed by atoms with Crippen LogP contribution in [0.15, 0.2) is 53.1 Å². The predicted molar refractivity (Wildman–Crippen MR) is 90.7 cm³/mol. The van der Waals surface area contributed by atoms with Crippen molar-refractivity contribution in [1.29, 1.82) is 0 Å². The molecule has 22 heavy (non-hydrogen) atoms. The van der Waals surface area contributed by atoms with E-state index in [1.807, 2.05) is 35.0 Å². The van der Waals surface area contributed by atoms with Crippen molar-refractivity contribution in [3.8, 4) is 5.69 Å². The molecule has 0 radical (unpaired) electrons. The lowest BCUT2D eigenvalue weighted by molar-refractivity contribution is -0.104. The van der Waals surface area contributed by atoms with Crippen LogP contribution in [0, 0.1) is 0 Å². The highest BCUT2D eigenvalue weighted by atomic mass is 79.9. The van der Waals surface area contributed by atoms with Gasteiger partial charge >= 0.3 is 0 Å². The number of hydrogen-bond donors (Lipinski definition) is 0. The van der Waals surface area contributed by atoms with E-state index >= 15 is 0 Å². The van der Waals surface area contributed by atoms with Gasteiger partial charge in [-0.15, -0.1) is 0 Å². The van der Waals surface area contributed by atoms with Crippen molar-refractivity contribution in [2.45, 2.75) is 13.3 Å². The maximum atomic E-state index is 11.9. The maximum absolute atomic E-state index is 11.9. The number of fused-ring (bicyclic) bond motifs is 1. The van der Waals surface area contributed by atoms with Gasteiger partial charge in [0, 0.05) is 16.1 Å². The summed E-state index contributed by atoms with van der Waals surface area (Å²) in [5, 5.41) is 2.12. The van der Waals surface area contributed by atoms with Gasteiger partial charge in [-0.25, -0.2) is 0 Å². The van der Waals surface area contributed by atoms with Crippen molar-refractivity contribution in [3.05, 3.63) is 64.4 Å². The van der Waals surface area contributed by atoms with Crippen LogP contribution >= 0.6 is 15.9 Å². The number of benzene rings is 2. The largest absolute Gasteiger partial charge is 0.313 e. The van der Waals surface area contributed by atoms with Crippen LogP contribution in [0.5, 0.6) is 0 Å². The molecule has 0 aliphatic carbocycles. The van der Waals surface area contributed by atoms with E-state index in [4.69, 9.17) is 0 Å².